The van der Waals surface area contributed by atoms with Crippen LogP contribution in [-0.4, -0.2) is 33.3 Å². The van der Waals surface area contributed by atoms with Crippen LogP contribution in [0.4, 0.5) is 0 Å². The summed E-state index contributed by atoms with van der Waals surface area (Å²) in [6.07, 6.45) is -0.860. The molecular weight excluding hydrogens is 212 g/mol. The predicted octanol–water partition coefficient (Wildman–Crippen LogP) is 2.09. The van der Waals surface area contributed by atoms with Crippen molar-refractivity contribution in [2.24, 2.45) is 15.8 Å². The molecule has 2 unspecified atom stereocenters. The Hall–Kier alpha value is -0.620. The van der Waals surface area contributed by atoms with Gasteiger partial charge in [-0.1, -0.05) is 32.9 Å². The molecule has 86 valence electrons. The van der Waals surface area contributed by atoms with Crippen LogP contribution in [0.15, 0.2) is 10.3 Å². The zero-order valence-electron chi connectivity index (χ0n) is 9.56. The van der Waals surface area contributed by atoms with Crippen LogP contribution in [-0.2, 0) is 0 Å². The molecule has 0 aromatic heterocycles. The molecule has 6 heteroatoms. The molecule has 0 fully saturated rings. The van der Waals surface area contributed by atoms with E-state index < -0.39 is 6.10 Å². The van der Waals surface area contributed by atoms with E-state index in [9.17, 15) is 5.11 Å². The highest BCUT2D eigenvalue weighted by atomic mass is 32.2. The minimum Gasteiger partial charge on any atom is -0.383 e. The lowest BCUT2D eigenvalue weighted by Gasteiger charge is -2.35. The van der Waals surface area contributed by atoms with Gasteiger partial charge in [0, 0.05) is 5.75 Å². The summed E-state index contributed by atoms with van der Waals surface area (Å²) < 4.78 is 1.38. The lowest BCUT2D eigenvalue weighted by Crippen LogP contribution is -2.47. The first kappa shape index (κ1) is 12.4. The summed E-state index contributed by atoms with van der Waals surface area (Å²) in [6.45, 7) is 7.91. The second-order valence-corrected chi connectivity index (χ2v) is 5.72. The fourth-order valence-electron chi connectivity index (χ4n) is 1.34. The van der Waals surface area contributed by atoms with Crippen LogP contribution in [0.25, 0.3) is 0 Å². The fourth-order valence-corrected chi connectivity index (χ4v) is 1.93. The molecule has 2 atom stereocenters. The van der Waals surface area contributed by atoms with E-state index in [-0.39, 0.29) is 17.3 Å². The number of aliphatic hydroxyl groups is 1. The predicted molar refractivity (Wildman–Crippen MR) is 61.8 cm³/mol. The Labute approximate surface area is 94.6 Å². The largest absolute Gasteiger partial charge is 0.383 e. The minimum absolute atomic E-state index is 0.122. The highest BCUT2D eigenvalue weighted by molar-refractivity contribution is 7.97. The lowest BCUT2D eigenvalue weighted by atomic mass is 9.83. The molecule has 0 spiro atoms. The third-order valence-electron chi connectivity index (χ3n) is 2.18. The van der Waals surface area contributed by atoms with Gasteiger partial charge in [-0.2, -0.15) is 9.53 Å². The van der Waals surface area contributed by atoms with Gasteiger partial charge < -0.3 is 5.11 Å². The highest BCUT2D eigenvalue weighted by Crippen LogP contribution is 2.31. The van der Waals surface area contributed by atoms with E-state index in [2.05, 4.69) is 10.3 Å². The van der Waals surface area contributed by atoms with Gasteiger partial charge in [-0.3, -0.25) is 5.41 Å². The molecule has 0 aliphatic carbocycles. The van der Waals surface area contributed by atoms with Gasteiger partial charge in [0.2, 0.25) is 0 Å². The standard InChI is InChI=1S/C9H18N4OS/c1-5-15-13-8(10)6(14)7(11-12-13)9(2,3)4/h6-7,10,14H,5H2,1-4H3. The van der Waals surface area contributed by atoms with Crippen LogP contribution in [0.3, 0.4) is 0 Å². The van der Waals surface area contributed by atoms with Gasteiger partial charge in [0.1, 0.15) is 12.1 Å². The van der Waals surface area contributed by atoms with E-state index >= 15 is 0 Å². The first-order valence-corrected chi connectivity index (χ1v) is 5.92. The number of rotatable bonds is 2. The lowest BCUT2D eigenvalue weighted by molar-refractivity contribution is 0.120. The van der Waals surface area contributed by atoms with Crippen molar-refractivity contribution in [1.82, 2.24) is 4.41 Å². The molecule has 1 heterocycles. The molecule has 2 N–H and O–H groups in total. The van der Waals surface area contributed by atoms with Crippen molar-refractivity contribution in [3.63, 3.8) is 0 Å². The first-order valence-electron chi connectivity index (χ1n) is 4.98. The van der Waals surface area contributed by atoms with Gasteiger partial charge in [-0.05, 0) is 17.4 Å². The van der Waals surface area contributed by atoms with Crippen LogP contribution in [0.2, 0.25) is 0 Å². The Kier molecular flexibility index (Phi) is 3.72. The summed E-state index contributed by atoms with van der Waals surface area (Å²) in [7, 11) is 0. The van der Waals surface area contributed by atoms with E-state index in [1.54, 1.807) is 0 Å². The van der Waals surface area contributed by atoms with Crippen LogP contribution in [0.5, 0.6) is 0 Å². The Morgan fingerprint density at radius 3 is 2.60 bits per heavy atom. The maximum Gasteiger partial charge on any atom is 0.162 e. The summed E-state index contributed by atoms with van der Waals surface area (Å²) in [5.74, 6) is 0.922. The van der Waals surface area contributed by atoms with Crippen LogP contribution >= 0.6 is 11.9 Å². The second-order valence-electron chi connectivity index (χ2n) is 4.54. The minimum atomic E-state index is -0.860. The van der Waals surface area contributed by atoms with Crippen molar-refractivity contribution in [2.45, 2.75) is 39.8 Å². The Morgan fingerprint density at radius 2 is 2.13 bits per heavy atom. The topological polar surface area (TPSA) is 72.0 Å². The number of nitrogens with one attached hydrogen (secondary N) is 1. The van der Waals surface area contributed by atoms with Crippen LogP contribution in [0.1, 0.15) is 27.7 Å². The van der Waals surface area contributed by atoms with E-state index in [0.717, 1.165) is 5.75 Å². The van der Waals surface area contributed by atoms with Crippen molar-refractivity contribution in [3.05, 3.63) is 0 Å². The maximum atomic E-state index is 9.94. The molecule has 0 saturated carbocycles. The van der Waals surface area contributed by atoms with Gasteiger partial charge in [0.25, 0.3) is 0 Å². The Bertz CT molecular complexity index is 274. The molecule has 1 aliphatic rings. The number of hydrogen-bond donors (Lipinski definition) is 2. The molecule has 0 saturated heterocycles. The number of amidine groups is 1. The highest BCUT2D eigenvalue weighted by Gasteiger charge is 2.39. The first-order chi connectivity index (χ1) is 6.88. The van der Waals surface area contributed by atoms with Crippen molar-refractivity contribution in [2.75, 3.05) is 5.75 Å². The number of nitrogens with zero attached hydrogens (tertiary/aromatic N) is 3. The summed E-state index contributed by atoms with van der Waals surface area (Å²) in [6, 6.07) is -0.335. The van der Waals surface area contributed by atoms with Gasteiger partial charge in [0.05, 0.1) is 0 Å². The summed E-state index contributed by atoms with van der Waals surface area (Å²) >= 11 is 1.37. The molecular formula is C9H18N4OS. The third-order valence-corrected chi connectivity index (χ3v) is 2.95. The van der Waals surface area contributed by atoms with Crippen molar-refractivity contribution in [1.29, 1.82) is 5.41 Å². The second kappa shape index (κ2) is 4.49. The molecule has 15 heavy (non-hydrogen) atoms. The maximum absolute atomic E-state index is 9.94. The zero-order valence-corrected chi connectivity index (χ0v) is 10.4. The van der Waals surface area contributed by atoms with Gasteiger partial charge in [-0.15, -0.1) is 0 Å². The van der Waals surface area contributed by atoms with Crippen molar-refractivity contribution in [3.8, 4) is 0 Å². The zero-order chi connectivity index (χ0) is 11.6. The van der Waals surface area contributed by atoms with Crippen molar-refractivity contribution < 1.29 is 5.11 Å². The van der Waals surface area contributed by atoms with Crippen molar-refractivity contribution >= 4 is 17.8 Å². The summed E-state index contributed by atoms with van der Waals surface area (Å²) in [5, 5.41) is 25.7. The Balaban J connectivity index is 2.84. The number of aliphatic hydroxyl groups excluding tert-OH is 1. The van der Waals surface area contributed by atoms with E-state index in [4.69, 9.17) is 5.41 Å². The quantitative estimate of drug-likeness (QED) is 0.713. The summed E-state index contributed by atoms with van der Waals surface area (Å²) in [4.78, 5) is 0. The third kappa shape index (κ3) is 2.69. The summed E-state index contributed by atoms with van der Waals surface area (Å²) in [5.41, 5.74) is -0.182. The van der Waals surface area contributed by atoms with Gasteiger partial charge in [0.15, 0.2) is 5.84 Å². The number of hydrogen-bond acceptors (Lipinski definition) is 5. The smallest absolute Gasteiger partial charge is 0.162 e. The molecule has 1 aliphatic heterocycles. The van der Waals surface area contributed by atoms with E-state index in [0.29, 0.717) is 0 Å². The van der Waals surface area contributed by atoms with Crippen LogP contribution < -0.4 is 0 Å². The molecule has 0 aromatic rings. The van der Waals surface area contributed by atoms with Gasteiger partial charge in [-0.25, -0.2) is 0 Å². The molecule has 0 radical (unpaired) electrons. The average molecular weight is 230 g/mol. The normalized spacial score (nSPS) is 27.3. The average Bonchev–Trinajstić information content (AvgIpc) is 2.11. The Morgan fingerprint density at radius 1 is 1.53 bits per heavy atom. The monoisotopic (exact) mass is 230 g/mol. The molecule has 0 bridgehead atoms. The van der Waals surface area contributed by atoms with Gasteiger partial charge >= 0.3 is 0 Å². The molecule has 1 rings (SSSR count). The molecule has 0 aromatic carbocycles. The fraction of sp³-hybridized carbons (Fsp3) is 0.889. The molecule has 5 nitrogen and oxygen atoms in total. The molecule has 0 amide bonds. The SMILES string of the molecule is CCSN1N=NC(C(C)(C)C)C(O)C1=N. The van der Waals surface area contributed by atoms with E-state index in [1.165, 1.54) is 16.4 Å². The van der Waals surface area contributed by atoms with E-state index in [1.807, 2.05) is 27.7 Å². The van der Waals surface area contributed by atoms with Crippen LogP contribution in [0, 0.1) is 10.8 Å².